The Bertz CT molecular complexity index is 199. The lowest BCUT2D eigenvalue weighted by Gasteiger charge is -2.29. The van der Waals surface area contributed by atoms with Gasteiger partial charge in [0.2, 0.25) is 0 Å². The highest BCUT2D eigenvalue weighted by molar-refractivity contribution is 4.81. The Morgan fingerprint density at radius 2 is 1.63 bits per heavy atom. The number of hydrogen-bond donors (Lipinski definition) is 2. The number of nitrogens with one attached hydrogen (secondary N) is 1. The van der Waals surface area contributed by atoms with Gasteiger partial charge < -0.3 is 15.3 Å². The van der Waals surface area contributed by atoms with E-state index < -0.39 is 0 Å². The lowest BCUT2D eigenvalue weighted by molar-refractivity contribution is 0.161. The van der Waals surface area contributed by atoms with E-state index >= 15 is 0 Å². The zero-order chi connectivity index (χ0) is 14.6. The van der Waals surface area contributed by atoms with Crippen LogP contribution < -0.4 is 5.32 Å². The van der Waals surface area contributed by atoms with E-state index in [1.165, 1.54) is 45.2 Å². The molecule has 3 heteroatoms. The average Bonchev–Trinajstić information content (AvgIpc) is 2.42. The molecule has 0 saturated heterocycles. The standard InChI is InChI=1S/C16H36N2O/c1-5-7-9-13-18(4)14-10-8-11-16(3,15-19)17-12-6-2/h17,19H,5-15H2,1-4H3. The fourth-order valence-electron chi connectivity index (χ4n) is 2.29. The van der Waals surface area contributed by atoms with Gasteiger partial charge in [-0.2, -0.15) is 0 Å². The molecule has 0 rings (SSSR count). The van der Waals surface area contributed by atoms with Crippen LogP contribution in [0.25, 0.3) is 0 Å². The highest BCUT2D eigenvalue weighted by atomic mass is 16.3. The smallest absolute Gasteiger partial charge is 0.0610 e. The summed E-state index contributed by atoms with van der Waals surface area (Å²) in [4.78, 5) is 2.44. The van der Waals surface area contributed by atoms with E-state index in [1.54, 1.807) is 0 Å². The summed E-state index contributed by atoms with van der Waals surface area (Å²) < 4.78 is 0. The summed E-state index contributed by atoms with van der Waals surface area (Å²) in [5.74, 6) is 0. The van der Waals surface area contributed by atoms with E-state index in [1.807, 2.05) is 0 Å². The van der Waals surface area contributed by atoms with Crippen LogP contribution in [0.3, 0.4) is 0 Å². The summed E-state index contributed by atoms with van der Waals surface area (Å²) in [5.41, 5.74) is -0.0865. The molecule has 0 aliphatic heterocycles. The Morgan fingerprint density at radius 1 is 1.00 bits per heavy atom. The predicted octanol–water partition coefficient (Wildman–Crippen LogP) is 3.03. The fraction of sp³-hybridized carbons (Fsp3) is 1.00. The first-order valence-electron chi connectivity index (χ1n) is 8.12. The summed E-state index contributed by atoms with van der Waals surface area (Å²) in [5, 5.41) is 13.0. The van der Waals surface area contributed by atoms with Crippen LogP contribution in [0.5, 0.6) is 0 Å². The number of rotatable bonds is 13. The van der Waals surface area contributed by atoms with Crippen molar-refractivity contribution in [2.45, 2.75) is 71.3 Å². The summed E-state index contributed by atoms with van der Waals surface area (Å²) in [6.45, 7) is 10.2. The molecular formula is C16H36N2O. The molecular weight excluding hydrogens is 236 g/mol. The molecule has 0 aliphatic rings. The van der Waals surface area contributed by atoms with Gasteiger partial charge in [0.25, 0.3) is 0 Å². The van der Waals surface area contributed by atoms with Crippen molar-refractivity contribution in [2.75, 3.05) is 33.3 Å². The van der Waals surface area contributed by atoms with Crippen molar-refractivity contribution in [2.24, 2.45) is 0 Å². The maximum atomic E-state index is 9.49. The summed E-state index contributed by atoms with van der Waals surface area (Å²) in [6.07, 6.45) is 8.55. The van der Waals surface area contributed by atoms with Crippen molar-refractivity contribution >= 4 is 0 Å². The molecule has 1 atom stereocenters. The maximum absolute atomic E-state index is 9.49. The molecule has 0 aromatic heterocycles. The monoisotopic (exact) mass is 272 g/mol. The van der Waals surface area contributed by atoms with Gasteiger partial charge in [-0.05, 0) is 59.3 Å². The Balaban J connectivity index is 3.64. The van der Waals surface area contributed by atoms with Crippen molar-refractivity contribution in [1.29, 1.82) is 0 Å². The van der Waals surface area contributed by atoms with E-state index in [9.17, 15) is 5.11 Å². The van der Waals surface area contributed by atoms with E-state index in [-0.39, 0.29) is 12.1 Å². The predicted molar refractivity (Wildman–Crippen MR) is 84.7 cm³/mol. The Hall–Kier alpha value is -0.120. The third-order valence-electron chi connectivity index (χ3n) is 3.81. The normalized spacial score (nSPS) is 14.8. The van der Waals surface area contributed by atoms with Gasteiger partial charge in [-0.25, -0.2) is 0 Å². The molecule has 19 heavy (non-hydrogen) atoms. The van der Waals surface area contributed by atoms with E-state index in [4.69, 9.17) is 0 Å². The quantitative estimate of drug-likeness (QED) is 0.506. The first kappa shape index (κ1) is 18.9. The van der Waals surface area contributed by atoms with Gasteiger partial charge in [-0.15, -0.1) is 0 Å². The first-order chi connectivity index (χ1) is 9.08. The molecule has 0 heterocycles. The number of hydrogen-bond acceptors (Lipinski definition) is 3. The molecule has 2 N–H and O–H groups in total. The number of aliphatic hydroxyl groups is 1. The molecule has 0 aromatic carbocycles. The third kappa shape index (κ3) is 10.3. The van der Waals surface area contributed by atoms with E-state index in [2.05, 4.69) is 38.0 Å². The maximum Gasteiger partial charge on any atom is 0.0610 e. The van der Waals surface area contributed by atoms with Crippen LogP contribution in [0.15, 0.2) is 0 Å². The molecule has 0 saturated carbocycles. The highest BCUT2D eigenvalue weighted by Crippen LogP contribution is 2.13. The second-order valence-corrected chi connectivity index (χ2v) is 6.11. The molecule has 0 amide bonds. The van der Waals surface area contributed by atoms with E-state index in [0.717, 1.165) is 19.4 Å². The Morgan fingerprint density at radius 3 is 2.16 bits per heavy atom. The van der Waals surface area contributed by atoms with Crippen LogP contribution in [0, 0.1) is 0 Å². The van der Waals surface area contributed by atoms with Crippen LogP contribution in [0.2, 0.25) is 0 Å². The average molecular weight is 272 g/mol. The van der Waals surface area contributed by atoms with Crippen molar-refractivity contribution in [3.05, 3.63) is 0 Å². The van der Waals surface area contributed by atoms with Gasteiger partial charge >= 0.3 is 0 Å². The molecule has 0 fully saturated rings. The van der Waals surface area contributed by atoms with Crippen LogP contribution in [-0.2, 0) is 0 Å². The van der Waals surface area contributed by atoms with Crippen LogP contribution in [0.4, 0.5) is 0 Å². The van der Waals surface area contributed by atoms with Crippen molar-refractivity contribution in [1.82, 2.24) is 10.2 Å². The van der Waals surface area contributed by atoms with Gasteiger partial charge in [0.1, 0.15) is 0 Å². The van der Waals surface area contributed by atoms with Gasteiger partial charge in [-0.1, -0.05) is 33.1 Å². The SMILES string of the molecule is CCCCCN(C)CCCCC(C)(CO)NCCC. The summed E-state index contributed by atoms with van der Waals surface area (Å²) in [6, 6.07) is 0. The third-order valence-corrected chi connectivity index (χ3v) is 3.81. The zero-order valence-electron chi connectivity index (χ0n) is 13.7. The number of nitrogens with zero attached hydrogens (tertiary/aromatic N) is 1. The molecule has 0 aromatic rings. The zero-order valence-corrected chi connectivity index (χ0v) is 13.7. The molecule has 0 bridgehead atoms. The largest absolute Gasteiger partial charge is 0.394 e. The van der Waals surface area contributed by atoms with Gasteiger partial charge in [0.15, 0.2) is 0 Å². The molecule has 0 aliphatic carbocycles. The van der Waals surface area contributed by atoms with Crippen LogP contribution >= 0.6 is 0 Å². The van der Waals surface area contributed by atoms with Gasteiger partial charge in [-0.3, -0.25) is 0 Å². The topological polar surface area (TPSA) is 35.5 Å². The van der Waals surface area contributed by atoms with Crippen molar-refractivity contribution in [3.63, 3.8) is 0 Å². The second kappa shape index (κ2) is 11.7. The Kier molecular flexibility index (Phi) is 11.6. The summed E-state index contributed by atoms with van der Waals surface area (Å²) in [7, 11) is 2.22. The van der Waals surface area contributed by atoms with Crippen LogP contribution in [-0.4, -0.2) is 48.8 Å². The number of unbranched alkanes of at least 4 members (excludes halogenated alkanes) is 3. The molecule has 1 unspecified atom stereocenters. The van der Waals surface area contributed by atoms with E-state index in [0.29, 0.717) is 0 Å². The second-order valence-electron chi connectivity index (χ2n) is 6.11. The summed E-state index contributed by atoms with van der Waals surface area (Å²) >= 11 is 0. The lowest BCUT2D eigenvalue weighted by Crippen LogP contribution is -2.46. The highest BCUT2D eigenvalue weighted by Gasteiger charge is 2.21. The lowest BCUT2D eigenvalue weighted by atomic mass is 9.95. The van der Waals surface area contributed by atoms with Gasteiger partial charge in [0, 0.05) is 5.54 Å². The van der Waals surface area contributed by atoms with Crippen LogP contribution in [0.1, 0.15) is 65.7 Å². The molecule has 116 valence electrons. The first-order valence-corrected chi connectivity index (χ1v) is 8.12. The molecule has 0 spiro atoms. The molecule has 3 nitrogen and oxygen atoms in total. The fourth-order valence-corrected chi connectivity index (χ4v) is 2.29. The number of aliphatic hydroxyl groups excluding tert-OH is 1. The minimum atomic E-state index is -0.0865. The Labute approximate surface area is 120 Å². The van der Waals surface area contributed by atoms with Crippen molar-refractivity contribution in [3.8, 4) is 0 Å². The minimum absolute atomic E-state index is 0.0865. The van der Waals surface area contributed by atoms with Gasteiger partial charge in [0.05, 0.1) is 6.61 Å². The molecule has 0 radical (unpaired) electrons. The van der Waals surface area contributed by atoms with Crippen molar-refractivity contribution < 1.29 is 5.11 Å². The minimum Gasteiger partial charge on any atom is -0.394 e.